The Kier molecular flexibility index (Phi) is 8.03. The van der Waals surface area contributed by atoms with Crippen LogP contribution in [0.2, 0.25) is 5.02 Å². The van der Waals surface area contributed by atoms with Gasteiger partial charge in [-0.2, -0.15) is 0 Å². The Balaban J connectivity index is 0.00000165. The van der Waals surface area contributed by atoms with Crippen molar-refractivity contribution in [2.75, 3.05) is 24.5 Å². The summed E-state index contributed by atoms with van der Waals surface area (Å²) in [5.41, 5.74) is -5.27. The number of hydrogen-bond donors (Lipinski definition) is 1. The third-order valence-corrected chi connectivity index (χ3v) is 11.1. The van der Waals surface area contributed by atoms with E-state index in [0.717, 1.165) is 17.7 Å². The fourth-order valence-electron chi connectivity index (χ4n) is 8.73. The number of hydrogen-bond acceptors (Lipinski definition) is 7. The van der Waals surface area contributed by atoms with E-state index in [1.165, 1.54) is 18.2 Å². The molecule has 6 rings (SSSR count). The van der Waals surface area contributed by atoms with Crippen molar-refractivity contribution in [2.45, 2.75) is 70.5 Å². The number of fused-ring (bicyclic) bond motifs is 7. The number of nitrogens with zero attached hydrogens (tertiary/aromatic N) is 1. The van der Waals surface area contributed by atoms with Crippen molar-refractivity contribution in [2.24, 2.45) is 28.6 Å². The summed E-state index contributed by atoms with van der Waals surface area (Å²) < 4.78 is 38.8. The van der Waals surface area contributed by atoms with E-state index in [9.17, 15) is 14.7 Å². The van der Waals surface area contributed by atoms with E-state index in [0.29, 0.717) is 18.0 Å². The second-order valence-electron chi connectivity index (χ2n) is 12.0. The lowest BCUT2D eigenvalue weighted by Crippen LogP contribution is -2.70. The molecular weight excluding hydrogens is 572 g/mol. The van der Waals surface area contributed by atoms with E-state index in [2.05, 4.69) is 0 Å². The highest BCUT2D eigenvalue weighted by molar-refractivity contribution is 7.93. The zero-order valence-corrected chi connectivity index (χ0v) is 25.6. The van der Waals surface area contributed by atoms with Gasteiger partial charge in [0.25, 0.3) is 0 Å². The number of anilines is 1. The van der Waals surface area contributed by atoms with Gasteiger partial charge in [-0.15, -0.1) is 0 Å². The molecule has 0 bridgehead atoms. The zero-order chi connectivity index (χ0) is 30.0. The summed E-state index contributed by atoms with van der Waals surface area (Å²) in [5.74, 6) is -2.31. The molecule has 9 atom stereocenters. The Morgan fingerprint density at radius 1 is 1.22 bits per heavy atom. The van der Waals surface area contributed by atoms with Gasteiger partial charge in [0.05, 0.1) is 18.3 Å². The van der Waals surface area contributed by atoms with Gasteiger partial charge in [0.15, 0.2) is 22.8 Å². The van der Waals surface area contributed by atoms with E-state index >= 15 is 8.78 Å². The van der Waals surface area contributed by atoms with Crippen LogP contribution in [0, 0.1) is 28.6 Å². The number of hydroxylamine groups is 1. The molecule has 224 valence electrons. The van der Waals surface area contributed by atoms with Gasteiger partial charge in [-0.25, -0.2) is 8.78 Å². The number of halogens is 3. The molecule has 5 aliphatic rings. The highest BCUT2D eigenvalue weighted by Crippen LogP contribution is 2.72. The number of carbonyl (C=O) groups excluding carboxylic acids is 2. The summed E-state index contributed by atoms with van der Waals surface area (Å²) in [4.78, 5) is 32.7. The second-order valence-corrected chi connectivity index (χ2v) is 13.0. The van der Waals surface area contributed by atoms with Gasteiger partial charge in [-0.1, -0.05) is 38.4 Å². The summed E-state index contributed by atoms with van der Waals surface area (Å²) in [6.45, 7) is 7.62. The average molecular weight is 610 g/mol. The fraction of sp³-hybridized carbons (Fsp3) is 0.613. The SMILES string of the molecule is CC.CSOCC(=O)[C@@]12ON(c3ccc(Cl)cc3)C[C@@H]1CC1[C@@H]3C[C@H](F)C4=CC(=O)C=C[C@]4(C)[C@@]3(F)[C@@H](O)C[C@@]12C. The van der Waals surface area contributed by atoms with E-state index in [4.69, 9.17) is 20.6 Å². The highest BCUT2D eigenvalue weighted by atomic mass is 35.5. The van der Waals surface area contributed by atoms with Crippen LogP contribution in [0.25, 0.3) is 0 Å². The number of alkyl halides is 2. The second kappa shape index (κ2) is 10.7. The molecule has 1 N–H and O–H groups in total. The van der Waals surface area contributed by atoms with Crippen LogP contribution in [0.4, 0.5) is 14.5 Å². The smallest absolute Gasteiger partial charge is 0.195 e. The molecule has 0 radical (unpaired) electrons. The monoisotopic (exact) mass is 609 g/mol. The Morgan fingerprint density at radius 3 is 2.56 bits per heavy atom. The quantitative estimate of drug-likeness (QED) is 0.395. The molecule has 41 heavy (non-hydrogen) atoms. The van der Waals surface area contributed by atoms with Crippen molar-refractivity contribution >= 4 is 40.9 Å². The lowest BCUT2D eigenvalue weighted by molar-refractivity contribution is -0.227. The molecule has 1 heterocycles. The van der Waals surface area contributed by atoms with Gasteiger partial charge in [0.1, 0.15) is 12.8 Å². The van der Waals surface area contributed by atoms with Crippen LogP contribution in [-0.4, -0.2) is 59.6 Å². The molecule has 6 nitrogen and oxygen atoms in total. The van der Waals surface area contributed by atoms with E-state index < -0.39 is 46.2 Å². The van der Waals surface area contributed by atoms with Crippen molar-refractivity contribution in [3.05, 3.63) is 53.1 Å². The molecule has 1 aromatic rings. The maximum atomic E-state index is 17.5. The first-order valence-corrected chi connectivity index (χ1v) is 15.8. The van der Waals surface area contributed by atoms with Crippen molar-refractivity contribution in [1.29, 1.82) is 0 Å². The molecule has 0 aromatic heterocycles. The Bertz CT molecular complexity index is 1280. The minimum Gasteiger partial charge on any atom is -0.390 e. The molecule has 1 aliphatic heterocycles. The maximum absolute atomic E-state index is 17.5. The first kappa shape index (κ1) is 30.7. The minimum absolute atomic E-state index is 0.0533. The Morgan fingerprint density at radius 2 is 1.90 bits per heavy atom. The van der Waals surface area contributed by atoms with E-state index in [1.807, 2.05) is 32.9 Å². The molecule has 3 saturated carbocycles. The third-order valence-electron chi connectivity index (χ3n) is 10.5. The largest absolute Gasteiger partial charge is 0.390 e. The van der Waals surface area contributed by atoms with Gasteiger partial charge in [0, 0.05) is 33.9 Å². The number of benzene rings is 1. The van der Waals surface area contributed by atoms with Crippen LogP contribution >= 0.6 is 23.6 Å². The van der Waals surface area contributed by atoms with E-state index in [1.54, 1.807) is 30.4 Å². The summed E-state index contributed by atoms with van der Waals surface area (Å²) >= 11 is 7.15. The van der Waals surface area contributed by atoms with Gasteiger partial charge in [-0.05, 0) is 86.1 Å². The molecule has 1 aromatic carbocycles. The maximum Gasteiger partial charge on any atom is 0.195 e. The molecule has 10 heteroatoms. The van der Waals surface area contributed by atoms with Crippen molar-refractivity contribution < 1.29 is 32.5 Å². The number of allylic oxidation sites excluding steroid dienone is 4. The van der Waals surface area contributed by atoms with Crippen LogP contribution < -0.4 is 5.06 Å². The molecule has 4 fully saturated rings. The fourth-order valence-corrected chi connectivity index (χ4v) is 9.08. The Labute approximate surface area is 249 Å². The van der Waals surface area contributed by atoms with Crippen molar-refractivity contribution in [3.63, 3.8) is 0 Å². The third kappa shape index (κ3) is 4.13. The van der Waals surface area contributed by atoms with Crippen LogP contribution in [0.3, 0.4) is 0 Å². The number of ketones is 2. The molecule has 4 aliphatic carbocycles. The topological polar surface area (TPSA) is 76.1 Å². The van der Waals surface area contributed by atoms with Gasteiger partial charge < -0.3 is 9.29 Å². The van der Waals surface area contributed by atoms with Crippen molar-refractivity contribution in [1.82, 2.24) is 0 Å². The number of rotatable bonds is 5. The predicted molar refractivity (Wildman–Crippen MR) is 156 cm³/mol. The van der Waals surface area contributed by atoms with E-state index in [-0.39, 0.29) is 42.5 Å². The lowest BCUT2D eigenvalue weighted by atomic mass is 9.44. The first-order chi connectivity index (χ1) is 19.4. The summed E-state index contributed by atoms with van der Waals surface area (Å²) in [5, 5.41) is 13.9. The molecule has 0 amide bonds. The first-order valence-electron chi connectivity index (χ1n) is 14.3. The van der Waals surface area contributed by atoms with Crippen LogP contribution in [0.1, 0.15) is 47.0 Å². The lowest BCUT2D eigenvalue weighted by Gasteiger charge is -2.63. The summed E-state index contributed by atoms with van der Waals surface area (Å²) in [7, 11) is 0. The highest BCUT2D eigenvalue weighted by Gasteiger charge is 2.79. The molecular formula is C31H38ClF2NO5S. The van der Waals surface area contributed by atoms with Crippen molar-refractivity contribution in [3.8, 4) is 0 Å². The van der Waals surface area contributed by atoms with Gasteiger partial charge in [-0.3, -0.25) is 19.5 Å². The predicted octanol–water partition coefficient (Wildman–Crippen LogP) is 6.27. The number of aliphatic hydroxyl groups excluding tert-OH is 1. The number of Topliss-reactive ketones (excluding diaryl/α,β-unsaturated/α-hetero) is 1. The van der Waals surface area contributed by atoms with Crippen LogP contribution in [-0.2, 0) is 18.6 Å². The van der Waals surface area contributed by atoms with Crippen LogP contribution in [0.15, 0.2) is 48.1 Å². The molecule has 0 spiro atoms. The number of aliphatic hydroxyl groups is 1. The molecule has 1 saturated heterocycles. The zero-order valence-electron chi connectivity index (χ0n) is 24.0. The summed E-state index contributed by atoms with van der Waals surface area (Å²) in [6, 6.07) is 7.10. The standard InChI is InChI=1S/C29H32ClF2NO5S.C2H6/c1-26-9-8-19(34)11-22(26)23(31)12-21-20-10-16-14-33(18-6-4-17(30)5-7-18)38-29(16,25(36)15-37-39-3)27(20,2)13-24(35)28(21,26)32;1-2/h4-9,11,16,20-21,23-24,35H,10,12-15H2,1-3H3;1-2H3/t16-,20?,21-,23-,24-,26-,27-,28-,29-;/m0./s1. The van der Waals surface area contributed by atoms with Gasteiger partial charge in [0.2, 0.25) is 0 Å². The van der Waals surface area contributed by atoms with Gasteiger partial charge >= 0.3 is 0 Å². The Hall–Kier alpha value is -1.78. The normalized spacial score (nSPS) is 42.4. The average Bonchev–Trinajstić information content (AvgIpc) is 3.45. The summed E-state index contributed by atoms with van der Waals surface area (Å²) in [6.07, 6.45) is 2.75. The molecule has 1 unspecified atom stereocenters. The van der Waals surface area contributed by atoms with Crippen LogP contribution in [0.5, 0.6) is 0 Å². The minimum atomic E-state index is -2.21. The number of carbonyl (C=O) groups is 2.